The Morgan fingerprint density at radius 1 is 0.946 bits per heavy atom. The molecular formula is C26H38O11. The molecule has 1 aliphatic heterocycles. The van der Waals surface area contributed by atoms with Crippen molar-refractivity contribution in [2.45, 2.75) is 109 Å². The molecule has 11 heteroatoms. The average molecular weight is 527 g/mol. The Bertz CT molecular complexity index is 1030. The predicted molar refractivity (Wildman–Crippen MR) is 126 cm³/mol. The van der Waals surface area contributed by atoms with Crippen LogP contribution in [-0.4, -0.2) is 92.8 Å². The van der Waals surface area contributed by atoms with Gasteiger partial charge in [0.2, 0.25) is 0 Å². The van der Waals surface area contributed by atoms with Crippen LogP contribution in [0.15, 0.2) is 11.1 Å². The first-order valence-electron chi connectivity index (χ1n) is 12.6. The molecule has 208 valence electrons. The Balaban J connectivity index is 2.03. The molecule has 0 aromatic rings. The SMILES string of the molecule is CC(=O)O[C@H]1C[C@@]2(O)[C@H](OC(C)=O)[C@@H]3[C@]4(CO4)[C@@H](OC(C)=O)C[C@H](O)[C@@]3(C)[C@@H](O)[C@H](O)C(=C1C)C2(C)C. The molecule has 1 heterocycles. The number of carbonyl (C=O) groups excluding carboxylic acids is 3. The summed E-state index contributed by atoms with van der Waals surface area (Å²) in [5, 5.41) is 47.4. The minimum Gasteiger partial charge on any atom is -0.459 e. The first-order valence-corrected chi connectivity index (χ1v) is 12.6. The van der Waals surface area contributed by atoms with E-state index < -0.39 is 82.5 Å². The van der Waals surface area contributed by atoms with Crippen LogP contribution in [0.5, 0.6) is 0 Å². The first-order chi connectivity index (χ1) is 16.9. The lowest BCUT2D eigenvalue weighted by Crippen LogP contribution is -2.76. The quantitative estimate of drug-likeness (QED) is 0.171. The van der Waals surface area contributed by atoms with Crippen LogP contribution in [0.2, 0.25) is 0 Å². The van der Waals surface area contributed by atoms with E-state index in [0.717, 1.165) is 0 Å². The van der Waals surface area contributed by atoms with Crippen molar-refractivity contribution in [3.63, 3.8) is 0 Å². The molecule has 1 spiro atoms. The number of ether oxygens (including phenoxy) is 4. The zero-order valence-corrected chi connectivity index (χ0v) is 22.3. The summed E-state index contributed by atoms with van der Waals surface area (Å²) < 4.78 is 22.8. The molecule has 3 fully saturated rings. The molecular weight excluding hydrogens is 488 g/mol. The number of hydrogen-bond donors (Lipinski definition) is 4. The number of aliphatic hydroxyl groups is 4. The summed E-state index contributed by atoms with van der Waals surface area (Å²) in [6, 6.07) is 0. The highest BCUT2D eigenvalue weighted by molar-refractivity contribution is 5.68. The Hall–Kier alpha value is -2.05. The fourth-order valence-corrected chi connectivity index (χ4v) is 7.46. The topological polar surface area (TPSA) is 172 Å². The zero-order valence-electron chi connectivity index (χ0n) is 22.3. The van der Waals surface area contributed by atoms with E-state index in [1.54, 1.807) is 27.7 Å². The highest BCUT2D eigenvalue weighted by Gasteiger charge is 2.78. The lowest BCUT2D eigenvalue weighted by Gasteiger charge is -2.64. The Morgan fingerprint density at radius 2 is 1.49 bits per heavy atom. The van der Waals surface area contributed by atoms with E-state index >= 15 is 0 Å². The molecule has 37 heavy (non-hydrogen) atoms. The largest absolute Gasteiger partial charge is 0.459 e. The van der Waals surface area contributed by atoms with Gasteiger partial charge in [0, 0.05) is 50.4 Å². The van der Waals surface area contributed by atoms with Crippen LogP contribution in [0.4, 0.5) is 0 Å². The van der Waals surface area contributed by atoms with E-state index in [0.29, 0.717) is 5.57 Å². The van der Waals surface area contributed by atoms with Gasteiger partial charge in [0.05, 0.1) is 18.8 Å². The van der Waals surface area contributed by atoms with Crippen molar-refractivity contribution in [3.8, 4) is 0 Å². The maximum Gasteiger partial charge on any atom is 0.303 e. The number of carbonyl (C=O) groups is 3. The van der Waals surface area contributed by atoms with Crippen LogP contribution in [0, 0.1) is 16.7 Å². The van der Waals surface area contributed by atoms with Gasteiger partial charge in [0.15, 0.2) is 0 Å². The molecule has 4 aliphatic rings. The smallest absolute Gasteiger partial charge is 0.303 e. The summed E-state index contributed by atoms with van der Waals surface area (Å²) in [5.41, 5.74) is -5.45. The third kappa shape index (κ3) is 3.84. The second-order valence-corrected chi connectivity index (χ2v) is 11.8. The zero-order chi connectivity index (χ0) is 27.9. The van der Waals surface area contributed by atoms with Crippen molar-refractivity contribution in [2.24, 2.45) is 16.7 Å². The maximum absolute atomic E-state index is 12.6. The van der Waals surface area contributed by atoms with Gasteiger partial charge in [-0.2, -0.15) is 0 Å². The Labute approximate surface area is 215 Å². The maximum atomic E-state index is 12.6. The number of epoxide rings is 1. The average Bonchev–Trinajstić information content (AvgIpc) is 3.54. The minimum atomic E-state index is -1.96. The Kier molecular flexibility index (Phi) is 6.61. The van der Waals surface area contributed by atoms with Gasteiger partial charge in [0.25, 0.3) is 0 Å². The molecule has 3 aliphatic carbocycles. The van der Waals surface area contributed by atoms with Gasteiger partial charge < -0.3 is 39.4 Å². The molecule has 10 atom stereocenters. The van der Waals surface area contributed by atoms with Crippen molar-refractivity contribution in [1.29, 1.82) is 0 Å². The monoisotopic (exact) mass is 526 g/mol. The Morgan fingerprint density at radius 3 is 1.97 bits per heavy atom. The number of fused-ring (bicyclic) bond motifs is 4. The lowest BCUT2D eigenvalue weighted by molar-refractivity contribution is -0.279. The fourth-order valence-electron chi connectivity index (χ4n) is 7.46. The van der Waals surface area contributed by atoms with Gasteiger partial charge in [-0.15, -0.1) is 0 Å². The molecule has 4 rings (SSSR count). The summed E-state index contributed by atoms with van der Waals surface area (Å²) in [4.78, 5) is 36.4. The second-order valence-electron chi connectivity index (χ2n) is 11.8. The van der Waals surface area contributed by atoms with Gasteiger partial charge in [-0.05, 0) is 18.1 Å². The molecule has 1 saturated heterocycles. The van der Waals surface area contributed by atoms with Crippen molar-refractivity contribution in [1.82, 2.24) is 0 Å². The molecule has 0 amide bonds. The third-order valence-electron chi connectivity index (χ3n) is 9.45. The van der Waals surface area contributed by atoms with Crippen LogP contribution in [0.3, 0.4) is 0 Å². The number of esters is 3. The molecule has 0 unspecified atom stereocenters. The van der Waals surface area contributed by atoms with Crippen molar-refractivity contribution >= 4 is 17.9 Å². The summed E-state index contributed by atoms with van der Waals surface area (Å²) in [7, 11) is 0. The standard InChI is InChI=1S/C26H38O11/c1-11-15(35-12(2)27)9-26(33)22(37-14(4)29)20-24(7,21(32)19(31)18(11)23(26,5)6)16(30)8-17(36-13(3)28)25(20)10-34-25/h15-17,19-22,30-33H,8-10H2,1-7H3/t15-,16-,17-,19+,20-,21-,22+,24+,25-,26+/m0/s1. The first kappa shape index (κ1) is 28.0. The van der Waals surface area contributed by atoms with Gasteiger partial charge in [-0.1, -0.05) is 20.8 Å². The highest BCUT2D eigenvalue weighted by Crippen LogP contribution is 2.65. The van der Waals surface area contributed by atoms with Crippen LogP contribution in [0.1, 0.15) is 61.3 Å². The molecule has 2 bridgehead atoms. The van der Waals surface area contributed by atoms with E-state index in [-0.39, 0.29) is 25.0 Å². The number of hydrogen-bond acceptors (Lipinski definition) is 11. The van der Waals surface area contributed by atoms with Gasteiger partial charge in [-0.25, -0.2) is 0 Å². The van der Waals surface area contributed by atoms with Gasteiger partial charge >= 0.3 is 17.9 Å². The highest BCUT2D eigenvalue weighted by atomic mass is 16.6. The predicted octanol–water partition coefficient (Wildman–Crippen LogP) is 0.151. The van der Waals surface area contributed by atoms with Crippen molar-refractivity contribution in [2.75, 3.05) is 6.61 Å². The van der Waals surface area contributed by atoms with E-state index in [2.05, 4.69) is 0 Å². The molecule has 4 N–H and O–H groups in total. The molecule has 0 radical (unpaired) electrons. The summed E-state index contributed by atoms with van der Waals surface area (Å²) in [6.45, 7) is 10.2. The van der Waals surface area contributed by atoms with Crippen LogP contribution in [0.25, 0.3) is 0 Å². The normalized spacial score (nSPS) is 46.3. The minimum absolute atomic E-state index is 0.0457. The third-order valence-corrected chi connectivity index (χ3v) is 9.45. The summed E-state index contributed by atoms with van der Waals surface area (Å²) >= 11 is 0. The molecule has 0 aromatic carbocycles. The van der Waals surface area contributed by atoms with Crippen LogP contribution < -0.4 is 0 Å². The fraction of sp³-hybridized carbons (Fsp3) is 0.808. The summed E-state index contributed by atoms with van der Waals surface area (Å²) in [6.07, 6.45) is -8.18. The second kappa shape index (κ2) is 8.74. The van der Waals surface area contributed by atoms with E-state index in [4.69, 9.17) is 18.9 Å². The van der Waals surface area contributed by atoms with Crippen molar-refractivity contribution < 1.29 is 53.8 Å². The van der Waals surface area contributed by atoms with Gasteiger partial charge in [0.1, 0.15) is 35.6 Å². The van der Waals surface area contributed by atoms with E-state index in [1.807, 2.05) is 0 Å². The molecule has 2 saturated carbocycles. The molecule has 0 aromatic heterocycles. The number of aliphatic hydroxyl groups excluding tert-OH is 3. The van der Waals surface area contributed by atoms with Crippen LogP contribution in [-0.2, 0) is 33.3 Å². The number of rotatable bonds is 3. The van der Waals surface area contributed by atoms with E-state index in [9.17, 15) is 34.8 Å². The lowest BCUT2D eigenvalue weighted by atomic mass is 9.46. The summed E-state index contributed by atoms with van der Waals surface area (Å²) in [5.74, 6) is -3.08. The van der Waals surface area contributed by atoms with Crippen LogP contribution >= 0.6 is 0 Å². The van der Waals surface area contributed by atoms with E-state index in [1.165, 1.54) is 20.8 Å². The van der Waals surface area contributed by atoms with Gasteiger partial charge in [-0.3, -0.25) is 14.4 Å². The van der Waals surface area contributed by atoms with Crippen molar-refractivity contribution in [3.05, 3.63) is 11.1 Å². The molecule has 11 nitrogen and oxygen atoms in total.